The molecular weight excluding hydrogens is 366 g/mol. The maximum absolute atomic E-state index is 12.9. The molecule has 3 rings (SSSR count). The number of nitrogens with zero attached hydrogens (tertiary/aromatic N) is 3. The van der Waals surface area contributed by atoms with Crippen LogP contribution in [0.3, 0.4) is 0 Å². The van der Waals surface area contributed by atoms with Crippen LogP contribution in [0, 0.1) is 13.8 Å². The Hall–Kier alpha value is -2.34. The minimum absolute atomic E-state index is 0.0707. The Morgan fingerprint density at radius 3 is 2.59 bits per heavy atom. The Bertz CT molecular complexity index is 803. The lowest BCUT2D eigenvalue weighted by molar-refractivity contribution is -0.144. The van der Waals surface area contributed by atoms with E-state index in [1.807, 2.05) is 19.9 Å². The number of rotatable bonds is 5. The van der Waals surface area contributed by atoms with Gasteiger partial charge in [-0.1, -0.05) is 11.6 Å². The second kappa shape index (κ2) is 7.72. The van der Waals surface area contributed by atoms with E-state index in [0.717, 1.165) is 12.1 Å². The second-order valence-electron chi connectivity index (χ2n) is 7.24. The Kier molecular flexibility index (Phi) is 5.56. The third kappa shape index (κ3) is 4.89. The van der Waals surface area contributed by atoms with Crippen molar-refractivity contribution in [2.24, 2.45) is 0 Å². The fraction of sp³-hybridized carbons (Fsp3) is 0.450. The molecule has 2 heterocycles. The Balaban J connectivity index is 1.61. The lowest BCUT2D eigenvalue weighted by atomic mass is 10.1. The normalized spacial score (nSPS) is 17.1. The molecule has 0 saturated carbocycles. The van der Waals surface area contributed by atoms with Gasteiger partial charge in [-0.3, -0.25) is 4.79 Å². The highest BCUT2D eigenvalue weighted by Gasteiger charge is 2.38. The van der Waals surface area contributed by atoms with Crippen molar-refractivity contribution in [1.82, 2.24) is 14.9 Å². The Morgan fingerprint density at radius 1 is 1.22 bits per heavy atom. The Labute approximate surface area is 164 Å². The molecule has 1 amide bonds. The van der Waals surface area contributed by atoms with Gasteiger partial charge in [-0.25, -0.2) is 4.98 Å². The molecule has 0 aliphatic carbocycles. The van der Waals surface area contributed by atoms with Crippen LogP contribution in [0.25, 0.3) is 0 Å². The highest BCUT2D eigenvalue weighted by atomic mass is 35.5. The van der Waals surface area contributed by atoms with E-state index in [4.69, 9.17) is 21.1 Å². The maximum atomic E-state index is 12.9. The second-order valence-corrected chi connectivity index (χ2v) is 7.68. The zero-order chi connectivity index (χ0) is 19.6. The number of likely N-dealkylation sites (tertiary alicyclic amines) is 1. The van der Waals surface area contributed by atoms with Crippen molar-refractivity contribution >= 4 is 17.5 Å². The maximum Gasteiger partial charge on any atom is 0.266 e. The molecule has 144 valence electrons. The van der Waals surface area contributed by atoms with E-state index >= 15 is 0 Å². The first kappa shape index (κ1) is 19.4. The summed E-state index contributed by atoms with van der Waals surface area (Å²) in [6.45, 7) is 8.42. The smallest absolute Gasteiger partial charge is 0.266 e. The minimum atomic E-state index is -0.981. The summed E-state index contributed by atoms with van der Waals surface area (Å²) in [7, 11) is 0. The molecule has 2 aromatic rings. The molecule has 1 saturated heterocycles. The molecule has 0 bridgehead atoms. The monoisotopic (exact) mass is 389 g/mol. The number of aromatic nitrogens is 2. The number of carbonyl (C=O) groups is 1. The first-order valence-electron chi connectivity index (χ1n) is 8.96. The third-order valence-corrected chi connectivity index (χ3v) is 4.62. The summed E-state index contributed by atoms with van der Waals surface area (Å²) in [4.78, 5) is 23.3. The number of hydrogen-bond donors (Lipinski definition) is 0. The van der Waals surface area contributed by atoms with Gasteiger partial charge in [-0.2, -0.15) is 4.98 Å². The summed E-state index contributed by atoms with van der Waals surface area (Å²) >= 11 is 5.90. The van der Waals surface area contributed by atoms with Crippen LogP contribution in [0.5, 0.6) is 11.6 Å². The van der Waals surface area contributed by atoms with E-state index in [0.29, 0.717) is 35.6 Å². The van der Waals surface area contributed by atoms with Crippen molar-refractivity contribution < 1.29 is 14.3 Å². The summed E-state index contributed by atoms with van der Waals surface area (Å²) in [5.74, 6) is 1.76. The van der Waals surface area contributed by atoms with E-state index in [-0.39, 0.29) is 12.0 Å². The van der Waals surface area contributed by atoms with Crippen molar-refractivity contribution in [2.45, 2.75) is 45.8 Å². The highest BCUT2D eigenvalue weighted by molar-refractivity contribution is 6.30. The molecule has 0 unspecified atom stereocenters. The molecule has 27 heavy (non-hydrogen) atoms. The van der Waals surface area contributed by atoms with Gasteiger partial charge in [0.2, 0.25) is 5.88 Å². The van der Waals surface area contributed by atoms with E-state index in [2.05, 4.69) is 9.97 Å². The quantitative estimate of drug-likeness (QED) is 0.781. The van der Waals surface area contributed by atoms with Gasteiger partial charge in [0.05, 0.1) is 6.54 Å². The summed E-state index contributed by atoms with van der Waals surface area (Å²) in [6, 6.07) is 8.80. The van der Waals surface area contributed by atoms with Crippen molar-refractivity contribution in [3.05, 3.63) is 46.9 Å². The van der Waals surface area contributed by atoms with Crippen LogP contribution in [0.2, 0.25) is 5.02 Å². The number of aryl methyl sites for hydroxylation is 2. The SMILES string of the molecule is Cc1cc(O[C@@H]2CCN(C(=O)C(C)(C)Oc3ccc(Cl)cc3)C2)nc(C)n1. The molecule has 1 aliphatic rings. The number of benzene rings is 1. The molecule has 1 aromatic carbocycles. The van der Waals surface area contributed by atoms with Crippen LogP contribution in [0.4, 0.5) is 0 Å². The van der Waals surface area contributed by atoms with Gasteiger partial charge < -0.3 is 14.4 Å². The molecule has 1 atom stereocenters. The molecule has 1 aliphatic heterocycles. The number of halogens is 1. The van der Waals surface area contributed by atoms with Gasteiger partial charge in [-0.05, 0) is 52.0 Å². The van der Waals surface area contributed by atoms with Crippen LogP contribution in [-0.2, 0) is 4.79 Å². The molecular formula is C20H24ClN3O3. The van der Waals surface area contributed by atoms with Crippen LogP contribution in [0.1, 0.15) is 31.8 Å². The zero-order valence-electron chi connectivity index (χ0n) is 16.0. The number of ether oxygens (including phenoxy) is 2. The van der Waals surface area contributed by atoms with Gasteiger partial charge in [0.25, 0.3) is 5.91 Å². The highest BCUT2D eigenvalue weighted by Crippen LogP contribution is 2.25. The lowest BCUT2D eigenvalue weighted by Gasteiger charge is -2.30. The largest absolute Gasteiger partial charge is 0.478 e. The van der Waals surface area contributed by atoms with Crippen molar-refractivity contribution in [3.63, 3.8) is 0 Å². The average Bonchev–Trinajstić information content (AvgIpc) is 3.03. The molecule has 6 nitrogen and oxygen atoms in total. The number of carbonyl (C=O) groups excluding carboxylic acids is 1. The summed E-state index contributed by atoms with van der Waals surface area (Å²) in [6.07, 6.45) is 0.666. The van der Waals surface area contributed by atoms with Gasteiger partial charge in [0.15, 0.2) is 5.60 Å². The van der Waals surface area contributed by atoms with Gasteiger partial charge >= 0.3 is 0 Å². The standard InChI is InChI=1S/C20H24ClN3O3/c1-13-11-18(23-14(2)22-13)26-17-9-10-24(12-17)19(25)20(3,4)27-16-7-5-15(21)6-8-16/h5-8,11,17H,9-10,12H2,1-4H3/t17-/m1/s1. The molecule has 0 spiro atoms. The fourth-order valence-corrected chi connectivity index (χ4v) is 3.27. The molecule has 7 heteroatoms. The predicted octanol–water partition coefficient (Wildman–Crippen LogP) is 3.58. The number of hydrogen-bond acceptors (Lipinski definition) is 5. The molecule has 0 radical (unpaired) electrons. The molecule has 1 aromatic heterocycles. The van der Waals surface area contributed by atoms with E-state index in [1.54, 1.807) is 43.0 Å². The van der Waals surface area contributed by atoms with Crippen LogP contribution >= 0.6 is 11.6 Å². The van der Waals surface area contributed by atoms with Crippen molar-refractivity contribution in [1.29, 1.82) is 0 Å². The van der Waals surface area contributed by atoms with Crippen LogP contribution < -0.4 is 9.47 Å². The van der Waals surface area contributed by atoms with Gasteiger partial charge in [0.1, 0.15) is 17.7 Å². The van der Waals surface area contributed by atoms with E-state index < -0.39 is 5.60 Å². The van der Waals surface area contributed by atoms with E-state index in [9.17, 15) is 4.79 Å². The first-order chi connectivity index (χ1) is 12.7. The zero-order valence-corrected chi connectivity index (χ0v) is 16.8. The molecule has 1 fully saturated rings. The van der Waals surface area contributed by atoms with Crippen molar-refractivity contribution in [2.75, 3.05) is 13.1 Å². The minimum Gasteiger partial charge on any atom is -0.478 e. The van der Waals surface area contributed by atoms with Crippen LogP contribution in [0.15, 0.2) is 30.3 Å². The number of amides is 1. The Morgan fingerprint density at radius 2 is 1.93 bits per heavy atom. The topological polar surface area (TPSA) is 64.5 Å². The predicted molar refractivity (Wildman–Crippen MR) is 103 cm³/mol. The van der Waals surface area contributed by atoms with Crippen LogP contribution in [-0.4, -0.2) is 45.6 Å². The van der Waals surface area contributed by atoms with E-state index in [1.165, 1.54) is 0 Å². The average molecular weight is 390 g/mol. The van der Waals surface area contributed by atoms with Gasteiger partial charge in [-0.15, -0.1) is 0 Å². The van der Waals surface area contributed by atoms with Crippen molar-refractivity contribution in [3.8, 4) is 11.6 Å². The fourth-order valence-electron chi connectivity index (χ4n) is 3.14. The lowest BCUT2D eigenvalue weighted by Crippen LogP contribution is -2.48. The summed E-state index contributed by atoms with van der Waals surface area (Å²) in [5, 5.41) is 0.626. The third-order valence-electron chi connectivity index (χ3n) is 4.36. The first-order valence-corrected chi connectivity index (χ1v) is 9.33. The summed E-state index contributed by atoms with van der Waals surface area (Å²) in [5.41, 5.74) is -0.119. The summed E-state index contributed by atoms with van der Waals surface area (Å²) < 4.78 is 11.9. The van der Waals surface area contributed by atoms with Gasteiger partial charge in [0, 0.05) is 29.7 Å². The molecule has 0 N–H and O–H groups in total.